The van der Waals surface area contributed by atoms with Gasteiger partial charge in [-0.3, -0.25) is 9.52 Å². The van der Waals surface area contributed by atoms with Crippen molar-refractivity contribution in [3.63, 3.8) is 0 Å². The lowest BCUT2D eigenvalue weighted by Gasteiger charge is -2.12. The molecular formula is C16H20N4O5S3. The van der Waals surface area contributed by atoms with Crippen molar-refractivity contribution in [1.82, 2.24) is 10.2 Å². The fraction of sp³-hybridized carbons (Fsp3) is 0.500. The highest BCUT2D eigenvalue weighted by Gasteiger charge is 2.30. The minimum absolute atomic E-state index is 0.100. The van der Waals surface area contributed by atoms with Gasteiger partial charge in [0.05, 0.1) is 12.2 Å². The maximum Gasteiger partial charge on any atom is 0.341 e. The monoisotopic (exact) mass is 444 g/mol. The number of rotatable bonds is 7. The number of fused-ring (bicyclic) bond motifs is 1. The van der Waals surface area contributed by atoms with Gasteiger partial charge in [-0.05, 0) is 38.2 Å². The predicted molar refractivity (Wildman–Crippen MR) is 107 cm³/mol. The van der Waals surface area contributed by atoms with Crippen molar-refractivity contribution in [2.24, 2.45) is 0 Å². The Bertz CT molecular complexity index is 996. The van der Waals surface area contributed by atoms with Crippen LogP contribution in [0.1, 0.15) is 53.9 Å². The van der Waals surface area contributed by atoms with Crippen LogP contribution in [0.3, 0.4) is 0 Å². The SMILES string of the molecule is CCOC(=O)c1c(NS(=O)(=O)c2nnc(NC(=O)CC)s2)sc2c1CCCC2. The number of esters is 1. The number of carbonyl (C=O) groups excluding carboxylic acids is 2. The van der Waals surface area contributed by atoms with E-state index in [-0.39, 0.29) is 39.0 Å². The molecular weight excluding hydrogens is 424 g/mol. The number of hydrogen-bond donors (Lipinski definition) is 2. The van der Waals surface area contributed by atoms with Crippen molar-refractivity contribution in [2.75, 3.05) is 16.6 Å². The summed E-state index contributed by atoms with van der Waals surface area (Å²) in [5, 5.41) is 10.2. The van der Waals surface area contributed by atoms with Gasteiger partial charge in [0, 0.05) is 11.3 Å². The first-order chi connectivity index (χ1) is 13.4. The molecule has 0 radical (unpaired) electrons. The molecule has 2 heterocycles. The molecule has 0 unspecified atom stereocenters. The first-order valence-corrected chi connectivity index (χ1v) is 11.9. The summed E-state index contributed by atoms with van der Waals surface area (Å²) in [6.07, 6.45) is 3.70. The zero-order chi connectivity index (χ0) is 20.3. The third kappa shape index (κ3) is 4.33. The normalized spacial score (nSPS) is 13.6. The Labute approximate surface area is 170 Å². The van der Waals surface area contributed by atoms with Crippen LogP contribution < -0.4 is 10.0 Å². The van der Waals surface area contributed by atoms with Crippen LogP contribution in [0.5, 0.6) is 0 Å². The highest BCUT2D eigenvalue weighted by molar-refractivity contribution is 7.94. The Morgan fingerprint density at radius 2 is 1.89 bits per heavy atom. The first kappa shape index (κ1) is 20.7. The van der Waals surface area contributed by atoms with Crippen LogP contribution in [0, 0.1) is 0 Å². The van der Waals surface area contributed by atoms with Crippen molar-refractivity contribution in [3.8, 4) is 0 Å². The maximum atomic E-state index is 12.8. The summed E-state index contributed by atoms with van der Waals surface area (Å²) < 4.78 is 32.8. The van der Waals surface area contributed by atoms with Gasteiger partial charge in [-0.1, -0.05) is 18.3 Å². The molecule has 0 atom stereocenters. The maximum absolute atomic E-state index is 12.8. The number of ether oxygens (including phenoxy) is 1. The highest BCUT2D eigenvalue weighted by atomic mass is 32.2. The van der Waals surface area contributed by atoms with E-state index in [4.69, 9.17) is 4.74 Å². The molecule has 28 heavy (non-hydrogen) atoms. The molecule has 2 aromatic rings. The Balaban J connectivity index is 1.91. The van der Waals surface area contributed by atoms with Gasteiger partial charge in [0.2, 0.25) is 11.0 Å². The van der Waals surface area contributed by atoms with E-state index in [2.05, 4.69) is 20.2 Å². The van der Waals surface area contributed by atoms with Gasteiger partial charge < -0.3 is 10.1 Å². The summed E-state index contributed by atoms with van der Waals surface area (Å²) in [6.45, 7) is 3.57. The lowest BCUT2D eigenvalue weighted by atomic mass is 9.95. The predicted octanol–water partition coefficient (Wildman–Crippen LogP) is 2.80. The Morgan fingerprint density at radius 3 is 2.61 bits per heavy atom. The average Bonchev–Trinajstić information content (AvgIpc) is 3.26. The Hall–Kier alpha value is -2.05. The molecule has 9 nitrogen and oxygen atoms in total. The quantitative estimate of drug-likeness (QED) is 0.496. The van der Waals surface area contributed by atoms with E-state index in [1.165, 1.54) is 11.3 Å². The smallest absolute Gasteiger partial charge is 0.341 e. The number of aromatic nitrogens is 2. The molecule has 0 saturated heterocycles. The fourth-order valence-electron chi connectivity index (χ4n) is 2.80. The van der Waals surface area contributed by atoms with Gasteiger partial charge in [-0.25, -0.2) is 4.79 Å². The molecule has 3 rings (SSSR count). The summed E-state index contributed by atoms with van der Waals surface area (Å²) in [6, 6.07) is 0. The van der Waals surface area contributed by atoms with Gasteiger partial charge in [0.15, 0.2) is 0 Å². The van der Waals surface area contributed by atoms with Crippen LogP contribution in [0.15, 0.2) is 4.34 Å². The molecule has 1 aliphatic carbocycles. The molecule has 152 valence electrons. The topological polar surface area (TPSA) is 127 Å². The van der Waals surface area contributed by atoms with Gasteiger partial charge in [-0.15, -0.1) is 21.5 Å². The molecule has 2 aromatic heterocycles. The van der Waals surface area contributed by atoms with Gasteiger partial charge in [-0.2, -0.15) is 8.42 Å². The molecule has 2 N–H and O–H groups in total. The van der Waals surface area contributed by atoms with E-state index in [0.717, 1.165) is 41.0 Å². The minimum atomic E-state index is -4.06. The minimum Gasteiger partial charge on any atom is -0.462 e. The number of hydrogen-bond acceptors (Lipinski definition) is 9. The lowest BCUT2D eigenvalue weighted by Crippen LogP contribution is -2.16. The van der Waals surface area contributed by atoms with Crippen molar-refractivity contribution in [2.45, 2.75) is 50.3 Å². The van der Waals surface area contributed by atoms with Crippen LogP contribution in [0.25, 0.3) is 0 Å². The zero-order valence-electron chi connectivity index (χ0n) is 15.4. The summed E-state index contributed by atoms with van der Waals surface area (Å²) in [7, 11) is -4.06. The van der Waals surface area contributed by atoms with E-state index in [9.17, 15) is 18.0 Å². The second-order valence-corrected chi connectivity index (χ2v) is 9.95. The summed E-state index contributed by atoms with van der Waals surface area (Å²) in [5.74, 6) is -0.823. The largest absolute Gasteiger partial charge is 0.462 e. The lowest BCUT2D eigenvalue weighted by molar-refractivity contribution is -0.115. The molecule has 1 amide bonds. The van der Waals surface area contributed by atoms with E-state index >= 15 is 0 Å². The summed E-state index contributed by atoms with van der Waals surface area (Å²) >= 11 is 2.00. The van der Waals surface area contributed by atoms with Crippen LogP contribution >= 0.6 is 22.7 Å². The number of amides is 1. The number of nitrogens with zero attached hydrogens (tertiary/aromatic N) is 2. The van der Waals surface area contributed by atoms with Gasteiger partial charge >= 0.3 is 5.97 Å². The molecule has 12 heteroatoms. The standard InChI is InChI=1S/C16H20N4O5S3/c1-3-11(21)17-15-18-19-16(27-15)28(23,24)20-13-12(14(22)25-4-2)9-7-5-6-8-10(9)26-13/h20H,3-8H2,1-2H3,(H,17,18,21). The Kier molecular flexibility index (Phi) is 6.30. The van der Waals surface area contributed by atoms with Gasteiger partial charge in [0.25, 0.3) is 14.4 Å². The van der Waals surface area contributed by atoms with Crippen molar-refractivity contribution >= 4 is 54.7 Å². The Morgan fingerprint density at radius 1 is 1.14 bits per heavy atom. The van der Waals surface area contributed by atoms with Crippen molar-refractivity contribution < 1.29 is 22.7 Å². The number of anilines is 2. The van der Waals surface area contributed by atoms with Crippen LogP contribution in [0.4, 0.5) is 10.1 Å². The second-order valence-electron chi connectivity index (χ2n) is 6.02. The summed E-state index contributed by atoms with van der Waals surface area (Å²) in [5.41, 5.74) is 1.15. The number of thiophene rings is 1. The van der Waals surface area contributed by atoms with E-state index in [1.807, 2.05) is 0 Å². The number of carbonyl (C=O) groups is 2. The molecule has 1 aliphatic rings. The number of nitrogens with one attached hydrogen (secondary N) is 2. The molecule has 0 fully saturated rings. The second kappa shape index (κ2) is 8.53. The van der Waals surface area contributed by atoms with E-state index in [1.54, 1.807) is 13.8 Å². The van der Waals surface area contributed by atoms with E-state index in [0.29, 0.717) is 6.42 Å². The van der Waals surface area contributed by atoms with Crippen molar-refractivity contribution in [1.29, 1.82) is 0 Å². The molecule has 0 saturated carbocycles. The zero-order valence-corrected chi connectivity index (χ0v) is 17.9. The third-order valence-corrected chi connectivity index (χ3v) is 7.97. The molecule has 0 aromatic carbocycles. The highest BCUT2D eigenvalue weighted by Crippen LogP contribution is 2.39. The van der Waals surface area contributed by atoms with Crippen LogP contribution in [-0.2, 0) is 32.4 Å². The fourth-order valence-corrected chi connectivity index (χ4v) is 6.30. The van der Waals surface area contributed by atoms with E-state index < -0.39 is 16.0 Å². The molecule has 0 aliphatic heterocycles. The number of aryl methyl sites for hydroxylation is 1. The van der Waals surface area contributed by atoms with Crippen molar-refractivity contribution in [3.05, 3.63) is 16.0 Å². The number of sulfonamides is 1. The average molecular weight is 445 g/mol. The van der Waals surface area contributed by atoms with Crippen LogP contribution in [-0.4, -0.2) is 37.1 Å². The van der Waals surface area contributed by atoms with Crippen LogP contribution in [0.2, 0.25) is 0 Å². The first-order valence-electron chi connectivity index (χ1n) is 8.83. The molecule has 0 bridgehead atoms. The van der Waals surface area contributed by atoms with Gasteiger partial charge in [0.1, 0.15) is 5.00 Å². The summed E-state index contributed by atoms with van der Waals surface area (Å²) in [4.78, 5) is 24.9. The molecule has 0 spiro atoms. The third-order valence-electron chi connectivity index (χ3n) is 4.08.